The van der Waals surface area contributed by atoms with E-state index < -0.39 is 5.54 Å². The van der Waals surface area contributed by atoms with Crippen LogP contribution in [0.15, 0.2) is 0 Å². The highest BCUT2D eigenvalue weighted by atomic mass is 32.2. The highest BCUT2D eigenvalue weighted by Crippen LogP contribution is 2.15. The maximum atomic E-state index is 11.4. The normalized spacial score (nSPS) is 11.1. The predicted octanol–water partition coefficient (Wildman–Crippen LogP) is 1.31. The Bertz CT molecular complexity index is 215. The molecule has 0 spiro atoms. The minimum Gasteiger partial charge on any atom is -0.391 e. The van der Waals surface area contributed by atoms with E-state index in [2.05, 4.69) is 5.32 Å². The predicted molar refractivity (Wildman–Crippen MR) is 66.6 cm³/mol. The molecule has 0 rings (SSSR count). The van der Waals surface area contributed by atoms with Crippen molar-refractivity contribution in [1.82, 2.24) is 5.32 Å². The monoisotopic (exact) mass is 234 g/mol. The average Bonchev–Trinajstić information content (AvgIpc) is 2.14. The number of nitrogens with one attached hydrogen (secondary N) is 1. The fourth-order valence-corrected chi connectivity index (χ4v) is 1.94. The summed E-state index contributed by atoms with van der Waals surface area (Å²) in [5.74, 6) is 0.443. The van der Waals surface area contributed by atoms with Crippen molar-refractivity contribution in [2.24, 2.45) is 5.73 Å². The molecule has 0 aliphatic carbocycles. The molecule has 0 aromatic carbocycles. The summed E-state index contributed by atoms with van der Waals surface area (Å²) in [5, 5.41) is 2.90. The molecule has 82 valence electrons. The van der Waals surface area contributed by atoms with Crippen molar-refractivity contribution in [2.45, 2.75) is 32.2 Å². The van der Waals surface area contributed by atoms with E-state index >= 15 is 0 Å². The molecule has 0 aromatic rings. The second kappa shape index (κ2) is 6.24. The van der Waals surface area contributed by atoms with E-state index in [1.54, 1.807) is 0 Å². The van der Waals surface area contributed by atoms with Crippen LogP contribution in [0.1, 0.15) is 26.7 Å². The number of thioether (sulfide) groups is 1. The summed E-state index contributed by atoms with van der Waals surface area (Å²) in [6.07, 6.45) is 3.36. The lowest BCUT2D eigenvalue weighted by molar-refractivity contribution is -0.119. The molecule has 0 aliphatic heterocycles. The Labute approximate surface area is 95.2 Å². The van der Waals surface area contributed by atoms with Gasteiger partial charge in [0.25, 0.3) is 0 Å². The van der Waals surface area contributed by atoms with Gasteiger partial charge in [-0.1, -0.05) is 26.1 Å². The summed E-state index contributed by atoms with van der Waals surface area (Å²) in [4.78, 5) is 11.8. The van der Waals surface area contributed by atoms with Gasteiger partial charge < -0.3 is 11.1 Å². The van der Waals surface area contributed by atoms with E-state index in [-0.39, 0.29) is 5.91 Å². The molecule has 3 N–H and O–H groups in total. The van der Waals surface area contributed by atoms with Gasteiger partial charge in [0.1, 0.15) is 0 Å². The molecule has 0 heterocycles. The zero-order valence-corrected chi connectivity index (χ0v) is 10.6. The molecular formula is C9H18N2OS2. The zero-order valence-electron chi connectivity index (χ0n) is 8.92. The van der Waals surface area contributed by atoms with Gasteiger partial charge in [0.15, 0.2) is 0 Å². The molecule has 0 saturated heterocycles. The average molecular weight is 234 g/mol. The first-order valence-electron chi connectivity index (χ1n) is 4.62. The number of carbonyl (C=O) groups is 1. The van der Waals surface area contributed by atoms with Crippen molar-refractivity contribution < 1.29 is 4.79 Å². The van der Waals surface area contributed by atoms with Crippen LogP contribution < -0.4 is 11.1 Å². The molecule has 0 bridgehead atoms. The minimum atomic E-state index is -0.498. The molecular weight excluding hydrogens is 216 g/mol. The van der Waals surface area contributed by atoms with Crippen molar-refractivity contribution >= 4 is 34.9 Å². The van der Waals surface area contributed by atoms with Gasteiger partial charge in [-0.3, -0.25) is 4.79 Å². The van der Waals surface area contributed by atoms with Crippen LogP contribution in [0, 0.1) is 0 Å². The molecule has 0 unspecified atom stereocenters. The first kappa shape index (κ1) is 13.7. The fraction of sp³-hybridized carbons (Fsp3) is 0.778. The van der Waals surface area contributed by atoms with Gasteiger partial charge in [0.05, 0.1) is 16.3 Å². The highest BCUT2D eigenvalue weighted by Gasteiger charge is 2.30. The number of hydrogen-bond acceptors (Lipinski definition) is 3. The Morgan fingerprint density at radius 3 is 2.29 bits per heavy atom. The van der Waals surface area contributed by atoms with Crippen LogP contribution in [0.4, 0.5) is 0 Å². The smallest absolute Gasteiger partial charge is 0.230 e. The molecule has 1 amide bonds. The Morgan fingerprint density at radius 2 is 2.00 bits per heavy atom. The maximum absolute atomic E-state index is 11.4. The van der Waals surface area contributed by atoms with Crippen molar-refractivity contribution in [3.63, 3.8) is 0 Å². The fourth-order valence-electron chi connectivity index (χ4n) is 1.27. The van der Waals surface area contributed by atoms with Crippen LogP contribution in [0.3, 0.4) is 0 Å². The van der Waals surface area contributed by atoms with Crippen LogP contribution >= 0.6 is 24.0 Å². The van der Waals surface area contributed by atoms with Crippen LogP contribution in [-0.2, 0) is 4.79 Å². The second-order valence-electron chi connectivity index (χ2n) is 3.13. The summed E-state index contributed by atoms with van der Waals surface area (Å²) in [6.45, 7) is 3.95. The first-order chi connectivity index (χ1) is 6.52. The molecule has 0 aromatic heterocycles. The van der Waals surface area contributed by atoms with Crippen molar-refractivity contribution in [2.75, 3.05) is 12.0 Å². The molecule has 0 aliphatic rings. The van der Waals surface area contributed by atoms with E-state index in [1.807, 2.05) is 20.1 Å². The van der Waals surface area contributed by atoms with Crippen LogP contribution in [0.25, 0.3) is 0 Å². The third kappa shape index (κ3) is 3.46. The van der Waals surface area contributed by atoms with Gasteiger partial charge in [-0.2, -0.15) is 11.8 Å². The van der Waals surface area contributed by atoms with Gasteiger partial charge in [0, 0.05) is 0 Å². The van der Waals surface area contributed by atoms with E-state index in [0.717, 1.165) is 12.8 Å². The standard InChI is InChI=1S/C9H18N2OS2/c1-4-9(5-2,8(10)13)11-7(12)6-14-3/h4-6H2,1-3H3,(H2,10,13)(H,11,12). The summed E-state index contributed by atoms with van der Waals surface area (Å²) >= 11 is 6.47. The number of hydrogen-bond donors (Lipinski definition) is 2. The zero-order chi connectivity index (χ0) is 11.2. The van der Waals surface area contributed by atoms with Gasteiger partial charge in [0.2, 0.25) is 5.91 Å². The van der Waals surface area contributed by atoms with Crippen LogP contribution in [0.5, 0.6) is 0 Å². The maximum Gasteiger partial charge on any atom is 0.230 e. The van der Waals surface area contributed by atoms with Crippen LogP contribution in [0.2, 0.25) is 0 Å². The lowest BCUT2D eigenvalue weighted by atomic mass is 9.93. The summed E-state index contributed by atoms with van der Waals surface area (Å²) in [5.41, 5.74) is 5.15. The molecule has 0 fully saturated rings. The molecule has 0 radical (unpaired) electrons. The van der Waals surface area contributed by atoms with E-state index in [1.165, 1.54) is 11.8 Å². The van der Waals surface area contributed by atoms with Crippen molar-refractivity contribution in [3.05, 3.63) is 0 Å². The number of amides is 1. The van der Waals surface area contributed by atoms with E-state index in [9.17, 15) is 4.79 Å². The summed E-state index contributed by atoms with van der Waals surface area (Å²) < 4.78 is 0. The number of rotatable bonds is 6. The van der Waals surface area contributed by atoms with Crippen molar-refractivity contribution in [1.29, 1.82) is 0 Å². The largest absolute Gasteiger partial charge is 0.391 e. The molecule has 3 nitrogen and oxygen atoms in total. The second-order valence-corrected chi connectivity index (χ2v) is 4.44. The summed E-state index contributed by atoms with van der Waals surface area (Å²) in [6, 6.07) is 0. The Morgan fingerprint density at radius 1 is 1.50 bits per heavy atom. The van der Waals surface area contributed by atoms with Gasteiger partial charge >= 0.3 is 0 Å². The molecule has 0 atom stereocenters. The Balaban J connectivity index is 4.51. The summed E-state index contributed by atoms with van der Waals surface area (Å²) in [7, 11) is 0. The third-order valence-corrected chi connectivity index (χ3v) is 3.27. The number of thiocarbonyl (C=S) groups is 1. The molecule has 14 heavy (non-hydrogen) atoms. The van der Waals surface area contributed by atoms with Gasteiger partial charge in [-0.05, 0) is 19.1 Å². The minimum absolute atomic E-state index is 0.00556. The van der Waals surface area contributed by atoms with Gasteiger partial charge in [-0.15, -0.1) is 0 Å². The Kier molecular flexibility index (Phi) is 6.11. The van der Waals surface area contributed by atoms with Crippen LogP contribution in [-0.4, -0.2) is 28.4 Å². The number of nitrogens with two attached hydrogens (primary N) is 1. The highest BCUT2D eigenvalue weighted by molar-refractivity contribution is 7.99. The van der Waals surface area contributed by atoms with E-state index in [0.29, 0.717) is 10.7 Å². The lowest BCUT2D eigenvalue weighted by Crippen LogP contribution is -2.56. The van der Waals surface area contributed by atoms with Crippen molar-refractivity contribution in [3.8, 4) is 0 Å². The van der Waals surface area contributed by atoms with Gasteiger partial charge in [-0.25, -0.2) is 0 Å². The number of carbonyl (C=O) groups excluding carboxylic acids is 1. The first-order valence-corrected chi connectivity index (χ1v) is 6.42. The topological polar surface area (TPSA) is 55.1 Å². The Hall–Kier alpha value is -0.290. The SMILES string of the molecule is CCC(CC)(NC(=O)CSC)C(N)=S. The van der Waals surface area contributed by atoms with E-state index in [4.69, 9.17) is 18.0 Å². The molecule has 0 saturated carbocycles. The lowest BCUT2D eigenvalue weighted by Gasteiger charge is -2.31. The molecule has 5 heteroatoms. The third-order valence-electron chi connectivity index (χ3n) is 2.33. The quantitative estimate of drug-likeness (QED) is 0.680.